The number of hydrogen-bond acceptors (Lipinski definition) is 3. The summed E-state index contributed by atoms with van der Waals surface area (Å²) < 4.78 is 0. The molecule has 5 heteroatoms. The molecule has 0 radical (unpaired) electrons. The Morgan fingerprint density at radius 2 is 1.44 bits per heavy atom. The fourth-order valence-electron chi connectivity index (χ4n) is 2.45. The van der Waals surface area contributed by atoms with Crippen LogP contribution in [0.15, 0.2) is 60.7 Å². The fourth-order valence-corrected chi connectivity index (χ4v) is 2.45. The normalized spacial score (nSPS) is 11.8. The lowest BCUT2D eigenvalue weighted by molar-refractivity contribution is -0.119. The van der Waals surface area contributed by atoms with Gasteiger partial charge in [0.25, 0.3) is 0 Å². The number of hydrogen-bond donors (Lipinski definition) is 3. The van der Waals surface area contributed by atoms with E-state index >= 15 is 0 Å². The second kappa shape index (κ2) is 9.59. The van der Waals surface area contributed by atoms with Crippen LogP contribution in [0, 0.1) is 0 Å². The molecular weight excluding hydrogens is 314 g/mol. The number of carbonyl (C=O) groups is 2. The van der Waals surface area contributed by atoms with E-state index in [1.165, 1.54) is 0 Å². The Labute approximate surface area is 148 Å². The van der Waals surface area contributed by atoms with Crippen molar-refractivity contribution in [1.82, 2.24) is 16.0 Å². The van der Waals surface area contributed by atoms with E-state index in [1.54, 1.807) is 0 Å². The molecule has 0 aromatic heterocycles. The summed E-state index contributed by atoms with van der Waals surface area (Å²) in [5.74, 6) is -0.363. The molecule has 0 aliphatic rings. The van der Waals surface area contributed by atoms with E-state index in [1.807, 2.05) is 74.5 Å². The minimum atomic E-state index is -0.461. The molecule has 0 spiro atoms. The van der Waals surface area contributed by atoms with Crippen molar-refractivity contribution in [3.8, 4) is 0 Å². The van der Waals surface area contributed by atoms with Gasteiger partial charge in [0.1, 0.15) is 0 Å². The van der Waals surface area contributed by atoms with Crippen molar-refractivity contribution in [3.63, 3.8) is 0 Å². The van der Waals surface area contributed by atoms with Crippen molar-refractivity contribution in [2.45, 2.75) is 32.4 Å². The highest BCUT2D eigenvalue weighted by Crippen LogP contribution is 2.21. The summed E-state index contributed by atoms with van der Waals surface area (Å²) in [5.41, 5.74) is 2.12. The van der Waals surface area contributed by atoms with Gasteiger partial charge in [-0.1, -0.05) is 67.6 Å². The summed E-state index contributed by atoms with van der Waals surface area (Å²) in [6.45, 7) is 3.91. The van der Waals surface area contributed by atoms with Gasteiger partial charge in [-0.3, -0.25) is 15.4 Å². The number of rotatable bonds is 7. The third-order valence-corrected chi connectivity index (χ3v) is 3.98. The molecule has 0 saturated heterocycles. The lowest BCUT2D eigenvalue weighted by Gasteiger charge is -2.20. The zero-order valence-corrected chi connectivity index (χ0v) is 14.7. The molecule has 2 aromatic rings. The number of imide groups is 1. The average molecular weight is 339 g/mol. The van der Waals surface area contributed by atoms with Crippen LogP contribution in [0.1, 0.15) is 37.4 Å². The van der Waals surface area contributed by atoms with E-state index in [9.17, 15) is 9.59 Å². The minimum absolute atomic E-state index is 0.0298. The van der Waals surface area contributed by atoms with E-state index in [2.05, 4.69) is 16.0 Å². The molecule has 25 heavy (non-hydrogen) atoms. The van der Waals surface area contributed by atoms with Gasteiger partial charge in [0.15, 0.2) is 0 Å². The van der Waals surface area contributed by atoms with Crippen molar-refractivity contribution >= 4 is 11.9 Å². The summed E-state index contributed by atoms with van der Waals surface area (Å²) in [4.78, 5) is 23.8. The quantitative estimate of drug-likeness (QED) is 0.726. The summed E-state index contributed by atoms with van der Waals surface area (Å²) in [6.07, 6.45) is 0.809. The molecule has 0 heterocycles. The first kappa shape index (κ1) is 18.7. The molecule has 3 N–H and O–H groups in total. The molecule has 2 rings (SSSR count). The van der Waals surface area contributed by atoms with Crippen LogP contribution in [-0.2, 0) is 4.79 Å². The van der Waals surface area contributed by atoms with Gasteiger partial charge in [0.2, 0.25) is 5.91 Å². The van der Waals surface area contributed by atoms with E-state index in [4.69, 9.17) is 0 Å². The summed E-state index contributed by atoms with van der Waals surface area (Å²) in [5, 5.41) is 8.30. The van der Waals surface area contributed by atoms with E-state index in [0.717, 1.165) is 17.5 Å². The maximum atomic E-state index is 12.1. The van der Waals surface area contributed by atoms with Crippen LogP contribution in [0.25, 0.3) is 0 Å². The predicted molar refractivity (Wildman–Crippen MR) is 99.2 cm³/mol. The Hall–Kier alpha value is -2.66. The minimum Gasteiger partial charge on any atom is -0.335 e. The Kier molecular flexibility index (Phi) is 7.16. The second-order valence-corrected chi connectivity index (χ2v) is 5.97. The molecule has 3 amide bonds. The lowest BCUT2D eigenvalue weighted by Crippen LogP contribution is -2.46. The zero-order chi connectivity index (χ0) is 18.1. The van der Waals surface area contributed by atoms with Gasteiger partial charge in [-0.25, -0.2) is 4.79 Å². The van der Waals surface area contributed by atoms with Crippen molar-refractivity contribution in [2.75, 3.05) is 6.54 Å². The summed E-state index contributed by atoms with van der Waals surface area (Å²) >= 11 is 0. The van der Waals surface area contributed by atoms with Crippen LogP contribution in [-0.4, -0.2) is 24.5 Å². The van der Waals surface area contributed by atoms with Crippen molar-refractivity contribution in [1.29, 1.82) is 0 Å². The van der Waals surface area contributed by atoms with E-state index in [-0.39, 0.29) is 24.5 Å². The zero-order valence-electron chi connectivity index (χ0n) is 14.7. The molecule has 0 saturated carbocycles. The fraction of sp³-hybridized carbons (Fsp3) is 0.300. The number of benzene rings is 2. The van der Waals surface area contributed by atoms with E-state index in [0.29, 0.717) is 0 Å². The number of nitrogens with one attached hydrogen (secondary N) is 3. The molecule has 2 aromatic carbocycles. The van der Waals surface area contributed by atoms with Crippen LogP contribution < -0.4 is 16.0 Å². The van der Waals surface area contributed by atoms with Crippen molar-refractivity contribution in [3.05, 3.63) is 71.8 Å². The topological polar surface area (TPSA) is 70.2 Å². The summed E-state index contributed by atoms with van der Waals surface area (Å²) in [7, 11) is 0. The SMILES string of the molecule is CC[C@@H](C)NC(=O)NC(=O)CNC(c1ccccc1)c1ccccc1. The average Bonchev–Trinajstić information content (AvgIpc) is 2.63. The van der Waals surface area contributed by atoms with Crippen LogP contribution in [0.3, 0.4) is 0 Å². The first-order chi connectivity index (χ1) is 12.1. The lowest BCUT2D eigenvalue weighted by atomic mass is 9.99. The molecule has 0 aliphatic carbocycles. The molecular formula is C20H25N3O2. The standard InChI is InChI=1S/C20H25N3O2/c1-3-15(2)22-20(25)23-18(24)14-21-19(16-10-6-4-7-11-16)17-12-8-5-9-13-17/h4-13,15,19,21H,3,14H2,1-2H3,(H2,22,23,24,25)/t15-/m1/s1. The largest absolute Gasteiger partial charge is 0.335 e. The number of amides is 3. The maximum absolute atomic E-state index is 12.1. The smallest absolute Gasteiger partial charge is 0.321 e. The molecule has 1 atom stereocenters. The highest BCUT2D eigenvalue weighted by molar-refractivity contribution is 5.95. The first-order valence-electron chi connectivity index (χ1n) is 8.53. The van der Waals surface area contributed by atoms with Gasteiger partial charge in [-0.15, -0.1) is 0 Å². The summed E-state index contributed by atoms with van der Waals surface area (Å²) in [6, 6.07) is 19.3. The van der Waals surface area contributed by atoms with Gasteiger partial charge in [0.05, 0.1) is 12.6 Å². The van der Waals surface area contributed by atoms with Crippen molar-refractivity contribution < 1.29 is 9.59 Å². The molecule has 0 unspecified atom stereocenters. The first-order valence-corrected chi connectivity index (χ1v) is 8.53. The molecule has 5 nitrogen and oxygen atoms in total. The van der Waals surface area contributed by atoms with Gasteiger partial charge >= 0.3 is 6.03 Å². The molecule has 0 aliphatic heterocycles. The highest BCUT2D eigenvalue weighted by atomic mass is 16.2. The Morgan fingerprint density at radius 1 is 0.920 bits per heavy atom. The number of carbonyl (C=O) groups excluding carboxylic acids is 2. The van der Waals surface area contributed by atoms with Crippen LogP contribution >= 0.6 is 0 Å². The number of urea groups is 1. The monoisotopic (exact) mass is 339 g/mol. The Bertz CT molecular complexity index is 634. The predicted octanol–water partition coefficient (Wildman–Crippen LogP) is 2.99. The van der Waals surface area contributed by atoms with Gasteiger partial charge < -0.3 is 5.32 Å². The third kappa shape index (κ3) is 6.04. The maximum Gasteiger partial charge on any atom is 0.321 e. The van der Waals surface area contributed by atoms with E-state index < -0.39 is 6.03 Å². The molecule has 132 valence electrons. The Morgan fingerprint density at radius 3 is 1.92 bits per heavy atom. The molecule has 0 bridgehead atoms. The highest BCUT2D eigenvalue weighted by Gasteiger charge is 2.16. The molecule has 0 fully saturated rings. The second-order valence-electron chi connectivity index (χ2n) is 5.97. The van der Waals surface area contributed by atoms with Gasteiger partial charge in [0, 0.05) is 6.04 Å². The Balaban J connectivity index is 1.99. The van der Waals surface area contributed by atoms with Crippen LogP contribution in [0.2, 0.25) is 0 Å². The van der Waals surface area contributed by atoms with Crippen LogP contribution in [0.5, 0.6) is 0 Å². The van der Waals surface area contributed by atoms with Gasteiger partial charge in [-0.2, -0.15) is 0 Å². The van der Waals surface area contributed by atoms with Crippen LogP contribution in [0.4, 0.5) is 4.79 Å². The third-order valence-electron chi connectivity index (χ3n) is 3.98. The van der Waals surface area contributed by atoms with Crippen molar-refractivity contribution in [2.24, 2.45) is 0 Å². The van der Waals surface area contributed by atoms with Gasteiger partial charge in [-0.05, 0) is 24.5 Å².